The van der Waals surface area contributed by atoms with E-state index >= 15 is 0 Å². The fourth-order valence-corrected chi connectivity index (χ4v) is 2.34. The molecule has 1 aliphatic heterocycles. The Bertz CT molecular complexity index is 396. The summed E-state index contributed by atoms with van der Waals surface area (Å²) in [5.41, 5.74) is 2.49. The van der Waals surface area contributed by atoms with Crippen molar-refractivity contribution in [3.05, 3.63) is 29.3 Å². The molecular weight excluding hydrogens is 212 g/mol. The third kappa shape index (κ3) is 3.22. The summed E-state index contributed by atoms with van der Waals surface area (Å²) in [6.07, 6.45) is 2.46. The minimum atomic E-state index is 0.0242. The van der Waals surface area contributed by atoms with E-state index in [4.69, 9.17) is 9.47 Å². The second-order valence-corrected chi connectivity index (χ2v) is 5.62. The molecule has 0 N–H and O–H groups in total. The first kappa shape index (κ1) is 12.4. The van der Waals surface area contributed by atoms with Crippen LogP contribution in [0.15, 0.2) is 18.2 Å². The van der Waals surface area contributed by atoms with Crippen LogP contribution in [0.1, 0.15) is 37.8 Å². The molecule has 0 amide bonds. The number of rotatable bonds is 3. The highest BCUT2D eigenvalue weighted by Crippen LogP contribution is 2.30. The quantitative estimate of drug-likeness (QED) is 0.795. The van der Waals surface area contributed by atoms with Crippen LogP contribution in [0.5, 0.6) is 5.75 Å². The van der Waals surface area contributed by atoms with Crippen molar-refractivity contribution in [1.82, 2.24) is 0 Å². The standard InChI is InChI=1S/C15H22O2/c1-11-5-6-14(12(2)9-11)16-10-13-7-8-15(3,4)17-13/h5-6,9,13H,7-8,10H2,1-4H3. The number of aryl methyl sites for hydroxylation is 2. The molecule has 0 radical (unpaired) electrons. The van der Waals surface area contributed by atoms with Crippen molar-refractivity contribution in [2.24, 2.45) is 0 Å². The van der Waals surface area contributed by atoms with E-state index in [0.717, 1.165) is 18.6 Å². The molecule has 0 aromatic heterocycles. The van der Waals surface area contributed by atoms with Crippen molar-refractivity contribution in [2.75, 3.05) is 6.61 Å². The fraction of sp³-hybridized carbons (Fsp3) is 0.600. The van der Waals surface area contributed by atoms with Crippen LogP contribution in [-0.4, -0.2) is 18.3 Å². The van der Waals surface area contributed by atoms with Crippen molar-refractivity contribution < 1.29 is 9.47 Å². The minimum absolute atomic E-state index is 0.0242. The summed E-state index contributed by atoms with van der Waals surface area (Å²) in [5, 5.41) is 0. The third-order valence-electron chi connectivity index (χ3n) is 3.31. The summed E-state index contributed by atoms with van der Waals surface area (Å²) in [6.45, 7) is 9.13. The van der Waals surface area contributed by atoms with Gasteiger partial charge in [0.2, 0.25) is 0 Å². The lowest BCUT2D eigenvalue weighted by Gasteiger charge is -2.19. The first-order valence-corrected chi connectivity index (χ1v) is 6.34. The highest BCUT2D eigenvalue weighted by atomic mass is 16.6. The van der Waals surface area contributed by atoms with Gasteiger partial charge in [-0.25, -0.2) is 0 Å². The van der Waals surface area contributed by atoms with Gasteiger partial charge in [0, 0.05) is 0 Å². The summed E-state index contributed by atoms with van der Waals surface area (Å²) >= 11 is 0. The van der Waals surface area contributed by atoms with Crippen molar-refractivity contribution in [3.8, 4) is 5.75 Å². The Hall–Kier alpha value is -1.02. The van der Waals surface area contributed by atoms with Gasteiger partial charge in [-0.15, -0.1) is 0 Å². The van der Waals surface area contributed by atoms with Gasteiger partial charge in [0.15, 0.2) is 0 Å². The van der Waals surface area contributed by atoms with Gasteiger partial charge in [-0.1, -0.05) is 17.7 Å². The van der Waals surface area contributed by atoms with E-state index in [1.165, 1.54) is 11.1 Å². The van der Waals surface area contributed by atoms with Crippen LogP contribution in [-0.2, 0) is 4.74 Å². The molecule has 0 bridgehead atoms. The van der Waals surface area contributed by atoms with Crippen molar-refractivity contribution in [3.63, 3.8) is 0 Å². The van der Waals surface area contributed by atoms with E-state index in [2.05, 4.69) is 39.8 Å². The molecule has 1 aliphatic rings. The van der Waals surface area contributed by atoms with E-state index in [1.54, 1.807) is 0 Å². The Kier molecular flexibility index (Phi) is 3.43. The molecule has 0 saturated carbocycles. The SMILES string of the molecule is Cc1ccc(OCC2CCC(C)(C)O2)c(C)c1. The van der Waals surface area contributed by atoms with E-state index in [-0.39, 0.29) is 11.7 Å². The van der Waals surface area contributed by atoms with Crippen molar-refractivity contribution in [1.29, 1.82) is 0 Å². The molecule has 1 unspecified atom stereocenters. The molecule has 0 spiro atoms. The molecule has 2 nitrogen and oxygen atoms in total. The second kappa shape index (κ2) is 4.69. The third-order valence-corrected chi connectivity index (χ3v) is 3.31. The van der Waals surface area contributed by atoms with Crippen LogP contribution < -0.4 is 4.74 Å². The maximum atomic E-state index is 5.91. The Balaban J connectivity index is 1.90. The number of ether oxygens (including phenoxy) is 2. The summed E-state index contributed by atoms with van der Waals surface area (Å²) in [6, 6.07) is 6.28. The molecule has 1 atom stereocenters. The lowest BCUT2D eigenvalue weighted by atomic mass is 10.1. The number of hydrogen-bond donors (Lipinski definition) is 0. The van der Waals surface area contributed by atoms with Gasteiger partial charge in [-0.2, -0.15) is 0 Å². The Morgan fingerprint density at radius 1 is 1.35 bits per heavy atom. The van der Waals surface area contributed by atoms with Gasteiger partial charge >= 0.3 is 0 Å². The second-order valence-electron chi connectivity index (χ2n) is 5.62. The predicted octanol–water partition coefficient (Wildman–Crippen LogP) is 3.64. The molecule has 1 heterocycles. The first-order chi connectivity index (χ1) is 7.96. The molecule has 17 heavy (non-hydrogen) atoms. The van der Waals surface area contributed by atoms with Gasteiger partial charge < -0.3 is 9.47 Å². The van der Waals surface area contributed by atoms with Gasteiger partial charge in [-0.3, -0.25) is 0 Å². The molecular formula is C15H22O2. The zero-order valence-corrected chi connectivity index (χ0v) is 11.2. The first-order valence-electron chi connectivity index (χ1n) is 6.34. The van der Waals surface area contributed by atoms with Crippen LogP contribution in [0.3, 0.4) is 0 Å². The lowest BCUT2D eigenvalue weighted by molar-refractivity contribution is -0.0327. The Morgan fingerprint density at radius 3 is 2.71 bits per heavy atom. The molecule has 1 aromatic carbocycles. The molecule has 2 heteroatoms. The molecule has 1 saturated heterocycles. The van der Waals surface area contributed by atoms with Gasteiger partial charge in [0.05, 0.1) is 11.7 Å². The van der Waals surface area contributed by atoms with E-state index in [1.807, 2.05) is 6.07 Å². The normalized spacial score (nSPS) is 22.7. The average molecular weight is 234 g/mol. The van der Waals surface area contributed by atoms with Gasteiger partial charge in [-0.05, 0) is 52.2 Å². The molecule has 94 valence electrons. The maximum absolute atomic E-state index is 5.91. The Labute approximate surface area is 104 Å². The van der Waals surface area contributed by atoms with Crippen LogP contribution in [0.4, 0.5) is 0 Å². The smallest absolute Gasteiger partial charge is 0.122 e. The van der Waals surface area contributed by atoms with Crippen LogP contribution >= 0.6 is 0 Å². The van der Waals surface area contributed by atoms with Crippen LogP contribution in [0, 0.1) is 13.8 Å². The molecule has 0 aliphatic carbocycles. The largest absolute Gasteiger partial charge is 0.491 e. The topological polar surface area (TPSA) is 18.5 Å². The number of hydrogen-bond acceptors (Lipinski definition) is 2. The zero-order valence-electron chi connectivity index (χ0n) is 11.2. The highest BCUT2D eigenvalue weighted by molar-refractivity contribution is 5.35. The molecule has 1 fully saturated rings. The summed E-state index contributed by atoms with van der Waals surface area (Å²) in [4.78, 5) is 0. The molecule has 1 aromatic rings. The monoisotopic (exact) mass is 234 g/mol. The van der Waals surface area contributed by atoms with Crippen LogP contribution in [0.25, 0.3) is 0 Å². The molecule has 2 rings (SSSR count). The average Bonchev–Trinajstić information content (AvgIpc) is 2.57. The van der Waals surface area contributed by atoms with Gasteiger partial charge in [0.1, 0.15) is 12.4 Å². The maximum Gasteiger partial charge on any atom is 0.122 e. The minimum Gasteiger partial charge on any atom is -0.491 e. The summed E-state index contributed by atoms with van der Waals surface area (Å²) in [5.74, 6) is 0.976. The summed E-state index contributed by atoms with van der Waals surface area (Å²) < 4.78 is 11.8. The predicted molar refractivity (Wildman–Crippen MR) is 69.6 cm³/mol. The van der Waals surface area contributed by atoms with E-state index in [9.17, 15) is 0 Å². The summed E-state index contributed by atoms with van der Waals surface area (Å²) in [7, 11) is 0. The van der Waals surface area contributed by atoms with Crippen molar-refractivity contribution >= 4 is 0 Å². The lowest BCUT2D eigenvalue weighted by Crippen LogP contribution is -2.24. The van der Waals surface area contributed by atoms with Crippen molar-refractivity contribution in [2.45, 2.75) is 52.2 Å². The van der Waals surface area contributed by atoms with Gasteiger partial charge in [0.25, 0.3) is 0 Å². The zero-order chi connectivity index (χ0) is 12.5. The highest BCUT2D eigenvalue weighted by Gasteiger charge is 2.31. The Morgan fingerprint density at radius 2 is 2.12 bits per heavy atom. The van der Waals surface area contributed by atoms with E-state index in [0.29, 0.717) is 6.61 Å². The van der Waals surface area contributed by atoms with Crippen LogP contribution in [0.2, 0.25) is 0 Å². The fourth-order valence-electron chi connectivity index (χ4n) is 2.34. The van der Waals surface area contributed by atoms with E-state index < -0.39 is 0 Å². The number of benzene rings is 1.